The molecule has 7 heteroatoms. The molecule has 0 aromatic carbocycles. The Morgan fingerprint density at radius 3 is 2.79 bits per heavy atom. The van der Waals surface area contributed by atoms with Crippen molar-refractivity contribution in [1.82, 2.24) is 15.4 Å². The number of likely N-dealkylation sites (tertiary alicyclic amines) is 1. The first-order chi connectivity index (χ1) is 11.5. The van der Waals surface area contributed by atoms with Crippen LogP contribution in [-0.4, -0.2) is 46.7 Å². The third-order valence-electron chi connectivity index (χ3n) is 3.95. The lowest BCUT2D eigenvalue weighted by atomic mass is 10.0. The summed E-state index contributed by atoms with van der Waals surface area (Å²) in [6.45, 7) is 7.81. The Hall–Kier alpha value is -1.63. The molecule has 2 rings (SSSR count). The van der Waals surface area contributed by atoms with E-state index < -0.39 is 5.91 Å². The third-order valence-corrected chi connectivity index (χ3v) is 4.24. The smallest absolute Gasteiger partial charge is 0.267 e. The normalized spacial score (nSPS) is 16.7. The fraction of sp³-hybridized carbons (Fsp3) is 0.529. The van der Waals surface area contributed by atoms with E-state index in [2.05, 4.69) is 29.0 Å². The second kappa shape index (κ2) is 9.01. The van der Waals surface area contributed by atoms with Gasteiger partial charge in [-0.1, -0.05) is 25.4 Å². The van der Waals surface area contributed by atoms with Gasteiger partial charge in [-0.25, -0.2) is 10.5 Å². The van der Waals surface area contributed by atoms with Crippen LogP contribution in [0.1, 0.15) is 32.3 Å². The highest BCUT2D eigenvalue weighted by Gasteiger charge is 2.20. The number of nitrogens with zero attached hydrogens (tertiary/aromatic N) is 2. The standard InChI is InChI=1S/C17H25ClN4O2/c1-12(2)11-22-7-5-14(6-8-22)20-17-15(18)9-13(10-19-17)3-4-16(23)21-24/h3-4,9-10,12,14,24H,5-8,11H2,1-2H3,(H,19,20)(H,21,23)/b4-3+. The molecule has 0 saturated carbocycles. The molecule has 132 valence electrons. The van der Waals surface area contributed by atoms with Gasteiger partial charge in [-0.15, -0.1) is 0 Å². The molecule has 0 atom stereocenters. The minimum absolute atomic E-state index is 0.375. The molecule has 1 aliphatic heterocycles. The van der Waals surface area contributed by atoms with Crippen molar-refractivity contribution in [3.8, 4) is 0 Å². The number of pyridine rings is 1. The van der Waals surface area contributed by atoms with Gasteiger partial charge < -0.3 is 10.2 Å². The van der Waals surface area contributed by atoms with Crippen molar-refractivity contribution >= 4 is 29.4 Å². The lowest BCUT2D eigenvalue weighted by Gasteiger charge is -2.33. The van der Waals surface area contributed by atoms with Crippen molar-refractivity contribution in [2.45, 2.75) is 32.7 Å². The van der Waals surface area contributed by atoms with Crippen molar-refractivity contribution in [2.24, 2.45) is 5.92 Å². The van der Waals surface area contributed by atoms with Crippen molar-refractivity contribution in [3.63, 3.8) is 0 Å². The topological polar surface area (TPSA) is 77.5 Å². The number of hydrogen-bond donors (Lipinski definition) is 3. The fourth-order valence-electron chi connectivity index (χ4n) is 2.83. The number of carbonyl (C=O) groups is 1. The molecular formula is C17H25ClN4O2. The molecule has 6 nitrogen and oxygen atoms in total. The number of aromatic nitrogens is 1. The van der Waals surface area contributed by atoms with E-state index in [0.717, 1.165) is 32.5 Å². The predicted octanol–water partition coefficient (Wildman–Crippen LogP) is 2.79. The summed E-state index contributed by atoms with van der Waals surface area (Å²) in [5.74, 6) is 0.767. The van der Waals surface area contributed by atoms with Crippen LogP contribution in [-0.2, 0) is 4.79 Å². The van der Waals surface area contributed by atoms with Gasteiger partial charge >= 0.3 is 0 Å². The minimum atomic E-state index is -0.596. The van der Waals surface area contributed by atoms with E-state index in [1.165, 1.54) is 11.6 Å². The number of piperidine rings is 1. The molecule has 1 fully saturated rings. The first kappa shape index (κ1) is 18.7. The quantitative estimate of drug-likeness (QED) is 0.417. The Balaban J connectivity index is 1.89. The van der Waals surface area contributed by atoms with E-state index in [4.69, 9.17) is 16.8 Å². The van der Waals surface area contributed by atoms with Crippen LogP contribution in [0.2, 0.25) is 5.02 Å². The number of carbonyl (C=O) groups excluding carboxylic acids is 1. The largest absolute Gasteiger partial charge is 0.366 e. The molecule has 3 N–H and O–H groups in total. The Morgan fingerprint density at radius 1 is 1.50 bits per heavy atom. The summed E-state index contributed by atoms with van der Waals surface area (Å²) < 4.78 is 0. The van der Waals surface area contributed by atoms with Gasteiger partial charge in [0.15, 0.2) is 0 Å². The van der Waals surface area contributed by atoms with Gasteiger partial charge in [0.25, 0.3) is 5.91 Å². The van der Waals surface area contributed by atoms with Gasteiger partial charge in [0.1, 0.15) is 5.82 Å². The summed E-state index contributed by atoms with van der Waals surface area (Å²) in [6, 6.07) is 2.12. The Labute approximate surface area is 147 Å². The number of hydrogen-bond acceptors (Lipinski definition) is 5. The number of rotatable bonds is 6. The van der Waals surface area contributed by atoms with Gasteiger partial charge in [-0.05, 0) is 36.5 Å². The van der Waals surface area contributed by atoms with Gasteiger partial charge in [0, 0.05) is 37.9 Å². The van der Waals surface area contributed by atoms with Crippen molar-refractivity contribution in [3.05, 3.63) is 28.9 Å². The third kappa shape index (κ3) is 5.78. The second-order valence-corrected chi connectivity index (χ2v) is 6.93. The average Bonchev–Trinajstić information content (AvgIpc) is 2.56. The molecule has 1 aromatic rings. The molecule has 0 spiro atoms. The Bertz CT molecular complexity index is 584. The highest BCUT2D eigenvalue weighted by Crippen LogP contribution is 2.24. The van der Waals surface area contributed by atoms with Crippen molar-refractivity contribution in [1.29, 1.82) is 0 Å². The Morgan fingerprint density at radius 2 is 2.21 bits per heavy atom. The molecule has 1 aliphatic rings. The molecule has 0 radical (unpaired) electrons. The summed E-state index contributed by atoms with van der Waals surface area (Å²) in [4.78, 5) is 17.8. The molecule has 2 heterocycles. The molecule has 1 amide bonds. The first-order valence-electron chi connectivity index (χ1n) is 8.24. The molecule has 0 aliphatic carbocycles. The van der Waals surface area contributed by atoms with Gasteiger partial charge in [0.2, 0.25) is 0 Å². The SMILES string of the molecule is CC(C)CN1CCC(Nc2ncc(/C=C/C(=O)NO)cc2Cl)CC1. The number of anilines is 1. The highest BCUT2D eigenvalue weighted by molar-refractivity contribution is 6.33. The maximum atomic E-state index is 11.0. The van der Waals surface area contributed by atoms with E-state index in [1.54, 1.807) is 18.3 Å². The number of nitrogens with one attached hydrogen (secondary N) is 2. The van der Waals surface area contributed by atoms with Crippen LogP contribution in [0, 0.1) is 5.92 Å². The van der Waals surface area contributed by atoms with Gasteiger partial charge in [-0.3, -0.25) is 10.0 Å². The van der Waals surface area contributed by atoms with Crippen molar-refractivity contribution < 1.29 is 10.0 Å². The van der Waals surface area contributed by atoms with Gasteiger partial charge in [-0.2, -0.15) is 0 Å². The maximum absolute atomic E-state index is 11.0. The minimum Gasteiger partial charge on any atom is -0.366 e. The van der Waals surface area contributed by atoms with Crippen LogP contribution in [0.5, 0.6) is 0 Å². The van der Waals surface area contributed by atoms with E-state index in [9.17, 15) is 4.79 Å². The molecule has 1 aromatic heterocycles. The monoisotopic (exact) mass is 352 g/mol. The lowest BCUT2D eigenvalue weighted by molar-refractivity contribution is -0.124. The van der Waals surface area contributed by atoms with Gasteiger partial charge in [0.05, 0.1) is 5.02 Å². The molecule has 1 saturated heterocycles. The fourth-order valence-corrected chi connectivity index (χ4v) is 3.06. The number of amides is 1. The summed E-state index contributed by atoms with van der Waals surface area (Å²) in [6.07, 6.45) is 6.54. The molecular weight excluding hydrogens is 328 g/mol. The summed E-state index contributed by atoms with van der Waals surface area (Å²) in [5, 5.41) is 12.4. The van der Waals surface area contributed by atoms with E-state index in [-0.39, 0.29) is 0 Å². The molecule has 0 unspecified atom stereocenters. The second-order valence-electron chi connectivity index (χ2n) is 6.52. The first-order valence-corrected chi connectivity index (χ1v) is 8.62. The molecule has 0 bridgehead atoms. The van der Waals surface area contributed by atoms with Crippen LogP contribution in [0.3, 0.4) is 0 Å². The maximum Gasteiger partial charge on any atom is 0.267 e. The van der Waals surface area contributed by atoms with E-state index in [1.807, 2.05) is 0 Å². The van der Waals surface area contributed by atoms with Crippen LogP contribution in [0.25, 0.3) is 6.08 Å². The van der Waals surface area contributed by atoms with Crippen LogP contribution in [0.15, 0.2) is 18.3 Å². The summed E-state index contributed by atoms with van der Waals surface area (Å²) in [5.41, 5.74) is 2.23. The van der Waals surface area contributed by atoms with E-state index in [0.29, 0.717) is 28.4 Å². The van der Waals surface area contributed by atoms with Crippen molar-refractivity contribution in [2.75, 3.05) is 25.0 Å². The lowest BCUT2D eigenvalue weighted by Crippen LogP contribution is -2.40. The number of halogens is 1. The summed E-state index contributed by atoms with van der Waals surface area (Å²) in [7, 11) is 0. The average molecular weight is 353 g/mol. The predicted molar refractivity (Wildman–Crippen MR) is 96.1 cm³/mol. The number of hydroxylamine groups is 1. The zero-order valence-corrected chi connectivity index (χ0v) is 14.9. The molecule has 24 heavy (non-hydrogen) atoms. The van der Waals surface area contributed by atoms with Crippen LogP contribution < -0.4 is 10.8 Å². The zero-order valence-electron chi connectivity index (χ0n) is 14.1. The van der Waals surface area contributed by atoms with Crippen LogP contribution >= 0.6 is 11.6 Å². The zero-order chi connectivity index (χ0) is 17.5. The Kier molecular flexibility index (Phi) is 7.02. The van der Waals surface area contributed by atoms with E-state index >= 15 is 0 Å². The summed E-state index contributed by atoms with van der Waals surface area (Å²) >= 11 is 6.28. The highest BCUT2D eigenvalue weighted by atomic mass is 35.5. The van der Waals surface area contributed by atoms with Crippen LogP contribution in [0.4, 0.5) is 5.82 Å².